The third-order valence-electron chi connectivity index (χ3n) is 5.75. The van der Waals surface area contributed by atoms with Gasteiger partial charge in [0.25, 0.3) is 0 Å². The Morgan fingerprint density at radius 1 is 1.24 bits per heavy atom. The first-order valence-corrected chi connectivity index (χ1v) is 11.9. The molecule has 0 spiro atoms. The van der Waals surface area contributed by atoms with Gasteiger partial charge in [-0.15, -0.1) is 0 Å². The molecule has 180 valence electrons. The van der Waals surface area contributed by atoms with E-state index < -0.39 is 11.9 Å². The van der Waals surface area contributed by atoms with Crippen LogP contribution in [-0.4, -0.2) is 42.4 Å². The van der Waals surface area contributed by atoms with Crippen molar-refractivity contribution in [3.05, 3.63) is 42.0 Å². The average molecular weight is 459 g/mol. The van der Waals surface area contributed by atoms with E-state index in [0.29, 0.717) is 18.3 Å². The van der Waals surface area contributed by atoms with Crippen molar-refractivity contribution in [2.24, 2.45) is 11.8 Å². The second-order valence-corrected chi connectivity index (χ2v) is 8.92. The van der Waals surface area contributed by atoms with Crippen molar-refractivity contribution in [3.8, 4) is 5.75 Å². The van der Waals surface area contributed by atoms with Gasteiger partial charge in [0.05, 0.1) is 18.9 Å². The third-order valence-corrected chi connectivity index (χ3v) is 5.75. The number of rotatable bonds is 10. The second-order valence-electron chi connectivity index (χ2n) is 8.92. The highest BCUT2D eigenvalue weighted by Gasteiger charge is 2.20. The minimum absolute atomic E-state index is 0.0798. The summed E-state index contributed by atoms with van der Waals surface area (Å²) in [4.78, 5) is 22.9. The first-order chi connectivity index (χ1) is 15.9. The maximum atomic E-state index is 14.3. The van der Waals surface area contributed by atoms with Crippen LogP contribution in [0.25, 0.3) is 0 Å². The standard InChI is InChI=1S/C25H35FN4O3/c1-4-19-15-27-24(28-16-19)30-11-9-20(10-12-30)6-5-13-32-21-7-8-23(22(26)14-21)29-25(31)33-17-18(2)3/h7-8,14-16,18,20H,4-6,9-13,17H2,1-3H3,(H,29,31). The summed E-state index contributed by atoms with van der Waals surface area (Å²) in [6.07, 6.45) is 8.33. The first-order valence-electron chi connectivity index (χ1n) is 11.9. The number of aromatic nitrogens is 2. The minimum atomic E-state index is -0.660. The number of halogens is 1. The Bertz CT molecular complexity index is 884. The summed E-state index contributed by atoms with van der Waals surface area (Å²) < 4.78 is 25.0. The van der Waals surface area contributed by atoms with Gasteiger partial charge < -0.3 is 14.4 Å². The van der Waals surface area contributed by atoms with Gasteiger partial charge in [0, 0.05) is 31.5 Å². The number of hydrogen-bond acceptors (Lipinski definition) is 6. The first kappa shape index (κ1) is 24.7. The lowest BCUT2D eigenvalue weighted by Crippen LogP contribution is -2.35. The summed E-state index contributed by atoms with van der Waals surface area (Å²) in [7, 11) is 0. The molecule has 1 amide bonds. The van der Waals surface area contributed by atoms with Gasteiger partial charge in [0.2, 0.25) is 5.95 Å². The van der Waals surface area contributed by atoms with Gasteiger partial charge in [-0.1, -0.05) is 20.8 Å². The van der Waals surface area contributed by atoms with Crippen LogP contribution in [0.4, 0.5) is 20.8 Å². The number of nitrogens with one attached hydrogen (secondary N) is 1. The molecule has 7 nitrogen and oxygen atoms in total. The molecule has 0 unspecified atom stereocenters. The molecule has 0 radical (unpaired) electrons. The van der Waals surface area contributed by atoms with Crippen LogP contribution in [-0.2, 0) is 11.2 Å². The van der Waals surface area contributed by atoms with E-state index in [1.54, 1.807) is 6.07 Å². The van der Waals surface area contributed by atoms with Crippen LogP contribution in [0.2, 0.25) is 0 Å². The molecule has 0 aliphatic carbocycles. The lowest BCUT2D eigenvalue weighted by molar-refractivity contribution is 0.147. The summed E-state index contributed by atoms with van der Waals surface area (Å²) in [5.74, 6) is 1.60. The minimum Gasteiger partial charge on any atom is -0.493 e. The molecule has 1 aliphatic rings. The van der Waals surface area contributed by atoms with Crippen LogP contribution in [0.1, 0.15) is 52.0 Å². The van der Waals surface area contributed by atoms with Crippen LogP contribution in [0.5, 0.6) is 5.75 Å². The summed E-state index contributed by atoms with van der Waals surface area (Å²) in [5, 5.41) is 2.42. The SMILES string of the molecule is CCc1cnc(N2CCC(CCCOc3ccc(NC(=O)OCC(C)C)c(F)c3)CC2)nc1. The fourth-order valence-corrected chi connectivity index (χ4v) is 3.75. The average Bonchev–Trinajstić information content (AvgIpc) is 2.82. The molecule has 0 saturated carbocycles. The Kier molecular flexibility index (Phi) is 9.27. The molecule has 2 heterocycles. The zero-order valence-electron chi connectivity index (χ0n) is 19.8. The van der Waals surface area contributed by atoms with Crippen molar-refractivity contribution in [2.45, 2.75) is 52.9 Å². The fourth-order valence-electron chi connectivity index (χ4n) is 3.75. The predicted molar refractivity (Wildman–Crippen MR) is 127 cm³/mol. The number of nitrogens with zero attached hydrogens (tertiary/aromatic N) is 3. The van der Waals surface area contributed by atoms with Crippen LogP contribution in [0, 0.1) is 17.7 Å². The molecule has 1 aromatic carbocycles. The van der Waals surface area contributed by atoms with Gasteiger partial charge in [-0.2, -0.15) is 0 Å². The fraction of sp³-hybridized carbons (Fsp3) is 0.560. The molecule has 1 aliphatic heterocycles. The molecule has 2 aromatic rings. The van der Waals surface area contributed by atoms with Crippen LogP contribution in [0.3, 0.4) is 0 Å². The number of hydrogen-bond donors (Lipinski definition) is 1. The number of piperidine rings is 1. The number of anilines is 2. The summed E-state index contributed by atoms with van der Waals surface area (Å²) >= 11 is 0. The van der Waals surface area contributed by atoms with Crippen molar-refractivity contribution in [2.75, 3.05) is 36.5 Å². The summed E-state index contributed by atoms with van der Waals surface area (Å²) in [6, 6.07) is 4.44. The maximum Gasteiger partial charge on any atom is 0.411 e. The van der Waals surface area contributed by atoms with Gasteiger partial charge in [-0.05, 0) is 61.6 Å². The van der Waals surface area contributed by atoms with E-state index in [0.717, 1.165) is 56.7 Å². The van der Waals surface area contributed by atoms with E-state index in [1.807, 2.05) is 26.2 Å². The van der Waals surface area contributed by atoms with Crippen LogP contribution >= 0.6 is 0 Å². The van der Waals surface area contributed by atoms with Crippen molar-refractivity contribution in [1.29, 1.82) is 0 Å². The maximum absolute atomic E-state index is 14.3. The Balaban J connectivity index is 1.34. The lowest BCUT2D eigenvalue weighted by atomic mass is 9.92. The smallest absolute Gasteiger partial charge is 0.411 e. The quantitative estimate of drug-likeness (QED) is 0.477. The Morgan fingerprint density at radius 3 is 2.61 bits per heavy atom. The zero-order chi connectivity index (χ0) is 23.6. The molecule has 1 saturated heterocycles. The number of amides is 1. The highest BCUT2D eigenvalue weighted by molar-refractivity contribution is 5.84. The summed E-state index contributed by atoms with van der Waals surface area (Å²) in [5.41, 5.74) is 1.24. The number of aryl methyl sites for hydroxylation is 1. The Labute approximate surface area is 195 Å². The summed E-state index contributed by atoms with van der Waals surface area (Å²) in [6.45, 7) is 8.72. The predicted octanol–water partition coefficient (Wildman–Crippen LogP) is 5.46. The number of benzene rings is 1. The monoisotopic (exact) mass is 458 g/mol. The van der Waals surface area contributed by atoms with E-state index in [9.17, 15) is 9.18 Å². The molecule has 1 fully saturated rings. The topological polar surface area (TPSA) is 76.6 Å². The van der Waals surface area contributed by atoms with Gasteiger partial charge in [-0.25, -0.2) is 19.2 Å². The molecular weight excluding hydrogens is 423 g/mol. The van der Waals surface area contributed by atoms with Crippen molar-refractivity contribution >= 4 is 17.7 Å². The number of ether oxygens (including phenoxy) is 2. The number of carbonyl (C=O) groups is 1. The van der Waals surface area contributed by atoms with E-state index in [2.05, 4.69) is 27.1 Å². The van der Waals surface area contributed by atoms with Gasteiger partial charge in [0.1, 0.15) is 5.75 Å². The number of carbonyl (C=O) groups excluding carboxylic acids is 1. The van der Waals surface area contributed by atoms with E-state index >= 15 is 0 Å². The Hall–Kier alpha value is -2.90. The highest BCUT2D eigenvalue weighted by atomic mass is 19.1. The Morgan fingerprint density at radius 2 is 1.97 bits per heavy atom. The highest BCUT2D eigenvalue weighted by Crippen LogP contribution is 2.25. The zero-order valence-corrected chi connectivity index (χ0v) is 19.8. The molecule has 0 bridgehead atoms. The largest absolute Gasteiger partial charge is 0.493 e. The van der Waals surface area contributed by atoms with Crippen molar-refractivity contribution < 1.29 is 18.7 Å². The lowest BCUT2D eigenvalue weighted by Gasteiger charge is -2.32. The normalized spacial score (nSPS) is 14.4. The van der Waals surface area contributed by atoms with Gasteiger partial charge in [0.15, 0.2) is 5.82 Å². The van der Waals surface area contributed by atoms with Crippen molar-refractivity contribution in [1.82, 2.24) is 9.97 Å². The molecule has 1 aromatic heterocycles. The third kappa shape index (κ3) is 7.87. The van der Waals surface area contributed by atoms with E-state index in [1.165, 1.54) is 12.1 Å². The molecule has 8 heteroatoms. The molecule has 33 heavy (non-hydrogen) atoms. The molecule has 3 rings (SSSR count). The molecular formula is C25H35FN4O3. The molecule has 1 N–H and O–H groups in total. The second kappa shape index (κ2) is 12.4. The van der Waals surface area contributed by atoms with Gasteiger partial charge >= 0.3 is 6.09 Å². The van der Waals surface area contributed by atoms with E-state index in [4.69, 9.17) is 9.47 Å². The molecule has 0 atom stereocenters. The van der Waals surface area contributed by atoms with Crippen LogP contribution < -0.4 is 15.0 Å². The van der Waals surface area contributed by atoms with Crippen molar-refractivity contribution in [3.63, 3.8) is 0 Å². The van der Waals surface area contributed by atoms with Crippen LogP contribution in [0.15, 0.2) is 30.6 Å². The van der Waals surface area contributed by atoms with E-state index in [-0.39, 0.29) is 18.2 Å². The van der Waals surface area contributed by atoms with Gasteiger partial charge in [-0.3, -0.25) is 5.32 Å².